The third kappa shape index (κ3) is 5.34. The first kappa shape index (κ1) is 26.7. The number of hydrogen-bond donors (Lipinski definition) is 1. The van der Waals surface area contributed by atoms with Crippen LogP contribution in [0, 0.1) is 46.3 Å². The average molecular weight is 472 g/mol. The molecular formula is C32H57NO. The highest BCUT2D eigenvalue weighted by atomic mass is 16.5. The molecule has 0 aromatic rings. The number of fused-ring (bicyclic) bond motifs is 5. The van der Waals surface area contributed by atoms with Crippen molar-refractivity contribution in [2.75, 3.05) is 19.7 Å². The summed E-state index contributed by atoms with van der Waals surface area (Å²) >= 11 is 0. The van der Waals surface area contributed by atoms with Crippen LogP contribution >= 0.6 is 0 Å². The largest absolute Gasteiger partial charge is 0.377 e. The fraction of sp³-hybridized carbons (Fsp3) is 0.938. The van der Waals surface area contributed by atoms with Gasteiger partial charge in [-0.25, -0.2) is 0 Å². The van der Waals surface area contributed by atoms with E-state index in [1.54, 1.807) is 5.57 Å². The van der Waals surface area contributed by atoms with Gasteiger partial charge in [0.15, 0.2) is 0 Å². The Kier molecular flexibility index (Phi) is 8.93. The van der Waals surface area contributed by atoms with Gasteiger partial charge in [0.05, 0.1) is 12.7 Å². The molecule has 0 aromatic heterocycles. The van der Waals surface area contributed by atoms with E-state index in [0.717, 1.165) is 55.2 Å². The maximum atomic E-state index is 6.33. The topological polar surface area (TPSA) is 21.3 Å². The fourth-order valence-electron chi connectivity index (χ4n) is 9.39. The summed E-state index contributed by atoms with van der Waals surface area (Å²) in [5.74, 6) is 5.57. The van der Waals surface area contributed by atoms with E-state index >= 15 is 0 Å². The van der Waals surface area contributed by atoms with Gasteiger partial charge in [-0.05, 0) is 111 Å². The molecule has 8 atom stereocenters. The van der Waals surface area contributed by atoms with Crippen LogP contribution in [-0.2, 0) is 4.74 Å². The molecule has 0 bridgehead atoms. The van der Waals surface area contributed by atoms with E-state index in [1.165, 1.54) is 77.0 Å². The predicted molar refractivity (Wildman–Crippen MR) is 146 cm³/mol. The van der Waals surface area contributed by atoms with Gasteiger partial charge in [0.1, 0.15) is 0 Å². The van der Waals surface area contributed by atoms with Gasteiger partial charge in [0, 0.05) is 6.54 Å². The van der Waals surface area contributed by atoms with Gasteiger partial charge in [-0.2, -0.15) is 0 Å². The molecule has 0 radical (unpaired) electrons. The van der Waals surface area contributed by atoms with Gasteiger partial charge >= 0.3 is 0 Å². The number of ether oxygens (including phenoxy) is 1. The molecule has 34 heavy (non-hydrogen) atoms. The Morgan fingerprint density at radius 3 is 2.59 bits per heavy atom. The van der Waals surface area contributed by atoms with Crippen molar-refractivity contribution in [3.63, 3.8) is 0 Å². The number of hydrogen-bond acceptors (Lipinski definition) is 2. The molecule has 0 spiro atoms. The standard InChI is InChI=1S/C32H57NO/c1-7-19-33-20-21-34-26-15-17-31(5)25(22-26)11-12-27-29-14-13-28(24(4)10-8-9-23(2)3)32(29,6)18-16-30(27)31/h11,23-24,26-30,33H,7-10,12-22H2,1-6H3/t24?,26-,27-,28+,29?,30?,31-,32+/m0/s1. The first-order valence-electron chi connectivity index (χ1n) is 15.3. The Hall–Kier alpha value is -0.340. The molecule has 3 saturated carbocycles. The van der Waals surface area contributed by atoms with Gasteiger partial charge < -0.3 is 10.1 Å². The average Bonchev–Trinajstić information content (AvgIpc) is 3.16. The monoisotopic (exact) mass is 471 g/mol. The molecule has 0 aliphatic heterocycles. The van der Waals surface area contributed by atoms with E-state index in [9.17, 15) is 0 Å². The maximum absolute atomic E-state index is 6.33. The molecule has 0 aromatic carbocycles. The van der Waals surface area contributed by atoms with Gasteiger partial charge in [-0.3, -0.25) is 0 Å². The van der Waals surface area contributed by atoms with Crippen molar-refractivity contribution in [2.45, 2.75) is 125 Å². The van der Waals surface area contributed by atoms with Crippen LogP contribution in [0.2, 0.25) is 0 Å². The van der Waals surface area contributed by atoms with E-state index in [4.69, 9.17) is 4.74 Å². The Morgan fingerprint density at radius 2 is 1.82 bits per heavy atom. The van der Waals surface area contributed by atoms with Crippen LogP contribution in [0.5, 0.6) is 0 Å². The lowest BCUT2D eigenvalue weighted by Crippen LogP contribution is -2.51. The predicted octanol–water partition coefficient (Wildman–Crippen LogP) is 8.41. The van der Waals surface area contributed by atoms with Crippen molar-refractivity contribution in [3.8, 4) is 0 Å². The molecule has 4 rings (SSSR count). The van der Waals surface area contributed by atoms with Crippen LogP contribution in [0.1, 0.15) is 119 Å². The molecule has 3 fully saturated rings. The highest BCUT2D eigenvalue weighted by Crippen LogP contribution is 2.67. The Labute approximate surface area is 212 Å². The van der Waals surface area contributed by atoms with Crippen LogP contribution in [0.4, 0.5) is 0 Å². The summed E-state index contributed by atoms with van der Waals surface area (Å²) in [5.41, 5.74) is 2.82. The van der Waals surface area contributed by atoms with Crippen LogP contribution < -0.4 is 5.32 Å². The normalized spacial score (nSPS) is 40.4. The minimum Gasteiger partial charge on any atom is -0.377 e. The zero-order valence-electron chi connectivity index (χ0n) is 23.6. The van der Waals surface area contributed by atoms with Crippen LogP contribution in [0.3, 0.4) is 0 Å². The maximum Gasteiger partial charge on any atom is 0.0613 e. The summed E-state index contributed by atoms with van der Waals surface area (Å²) in [6.07, 6.45) is 19.8. The minimum atomic E-state index is 0.450. The molecule has 0 saturated heterocycles. The van der Waals surface area contributed by atoms with Gasteiger partial charge in [-0.15, -0.1) is 0 Å². The summed E-state index contributed by atoms with van der Waals surface area (Å²) in [7, 11) is 0. The molecule has 4 aliphatic rings. The molecule has 0 amide bonds. The van der Waals surface area contributed by atoms with Gasteiger partial charge in [0.25, 0.3) is 0 Å². The summed E-state index contributed by atoms with van der Waals surface area (Å²) < 4.78 is 6.33. The molecule has 3 unspecified atom stereocenters. The highest BCUT2D eigenvalue weighted by Gasteiger charge is 2.59. The van der Waals surface area contributed by atoms with Crippen LogP contribution in [-0.4, -0.2) is 25.8 Å². The molecule has 2 heteroatoms. The van der Waals surface area contributed by atoms with Gasteiger partial charge in [-0.1, -0.05) is 72.5 Å². The highest BCUT2D eigenvalue weighted by molar-refractivity contribution is 5.25. The first-order valence-corrected chi connectivity index (χ1v) is 15.3. The summed E-state index contributed by atoms with van der Waals surface area (Å²) in [6.45, 7) is 18.0. The number of nitrogens with one attached hydrogen (secondary N) is 1. The van der Waals surface area contributed by atoms with Crippen molar-refractivity contribution < 1.29 is 4.74 Å². The Balaban J connectivity index is 1.37. The SMILES string of the molecule is CCCNCCO[C@H]1CC[C@@]2(C)C(=CC[C@@H]3C2CC[C@@]2(C)C3CC[C@@H]2C(C)CCCC(C)C)C1. The molecule has 2 nitrogen and oxygen atoms in total. The van der Waals surface area contributed by atoms with Crippen molar-refractivity contribution in [1.29, 1.82) is 0 Å². The molecule has 0 heterocycles. The number of rotatable bonds is 11. The molecule has 1 N–H and O–H groups in total. The third-order valence-corrected chi connectivity index (χ3v) is 11.3. The van der Waals surface area contributed by atoms with Crippen LogP contribution in [0.25, 0.3) is 0 Å². The second kappa shape index (κ2) is 11.4. The number of allylic oxidation sites excluding steroid dienone is 1. The Bertz CT molecular complexity index is 684. The minimum absolute atomic E-state index is 0.450. The fourth-order valence-corrected chi connectivity index (χ4v) is 9.39. The summed E-state index contributed by atoms with van der Waals surface area (Å²) in [5, 5.41) is 3.49. The van der Waals surface area contributed by atoms with E-state index in [1.807, 2.05) is 0 Å². The molecule has 196 valence electrons. The lowest BCUT2D eigenvalue weighted by atomic mass is 9.47. The molecule has 4 aliphatic carbocycles. The van der Waals surface area contributed by atoms with E-state index < -0.39 is 0 Å². The second-order valence-electron chi connectivity index (χ2n) is 13.8. The summed E-state index contributed by atoms with van der Waals surface area (Å²) in [4.78, 5) is 0. The third-order valence-electron chi connectivity index (χ3n) is 11.3. The van der Waals surface area contributed by atoms with Gasteiger partial charge in [0.2, 0.25) is 0 Å². The zero-order chi connectivity index (χ0) is 24.3. The van der Waals surface area contributed by atoms with E-state index in [2.05, 4.69) is 52.9 Å². The van der Waals surface area contributed by atoms with Crippen molar-refractivity contribution in [3.05, 3.63) is 11.6 Å². The first-order chi connectivity index (χ1) is 16.3. The zero-order valence-corrected chi connectivity index (χ0v) is 23.6. The van der Waals surface area contributed by atoms with Crippen molar-refractivity contribution >= 4 is 0 Å². The van der Waals surface area contributed by atoms with Crippen molar-refractivity contribution in [1.82, 2.24) is 5.32 Å². The lowest BCUT2D eigenvalue weighted by Gasteiger charge is -2.58. The summed E-state index contributed by atoms with van der Waals surface area (Å²) in [6, 6.07) is 0. The lowest BCUT2D eigenvalue weighted by molar-refractivity contribution is -0.0636. The van der Waals surface area contributed by atoms with Crippen molar-refractivity contribution in [2.24, 2.45) is 46.3 Å². The Morgan fingerprint density at radius 1 is 1.00 bits per heavy atom. The smallest absolute Gasteiger partial charge is 0.0613 e. The van der Waals surface area contributed by atoms with Crippen LogP contribution in [0.15, 0.2) is 11.6 Å². The second-order valence-corrected chi connectivity index (χ2v) is 13.8. The quantitative estimate of drug-likeness (QED) is 0.241. The van der Waals surface area contributed by atoms with E-state index in [-0.39, 0.29) is 0 Å². The van der Waals surface area contributed by atoms with E-state index in [0.29, 0.717) is 16.9 Å². The molecular weight excluding hydrogens is 414 g/mol.